The number of rotatable bonds is 5. The molecule has 0 bridgehead atoms. The first-order valence-corrected chi connectivity index (χ1v) is 7.71. The molecule has 1 N–H and O–H groups in total. The summed E-state index contributed by atoms with van der Waals surface area (Å²) in [7, 11) is 0. The molecule has 0 fully saturated rings. The van der Waals surface area contributed by atoms with Crippen LogP contribution in [0.25, 0.3) is 0 Å². The summed E-state index contributed by atoms with van der Waals surface area (Å²) in [6, 6.07) is 4.06. The van der Waals surface area contributed by atoms with E-state index in [1.165, 1.54) is 13.0 Å². The van der Waals surface area contributed by atoms with Gasteiger partial charge in [-0.15, -0.1) is 0 Å². The molecule has 136 valence electrons. The molecule has 8 nitrogen and oxygen atoms in total. The number of nitro groups is 1. The zero-order valence-electron chi connectivity index (χ0n) is 13.0. The molecule has 0 unspecified atom stereocenters. The van der Waals surface area contributed by atoms with Crippen molar-refractivity contribution in [2.24, 2.45) is 0 Å². The van der Waals surface area contributed by atoms with E-state index in [2.05, 4.69) is 10.3 Å². The maximum atomic E-state index is 13.3. The van der Waals surface area contributed by atoms with E-state index >= 15 is 0 Å². The molecule has 26 heavy (non-hydrogen) atoms. The minimum absolute atomic E-state index is 0.00640. The fourth-order valence-electron chi connectivity index (χ4n) is 1.79. The van der Waals surface area contributed by atoms with E-state index in [1.807, 2.05) is 0 Å². The minimum atomic E-state index is -1.25. The lowest BCUT2D eigenvalue weighted by Gasteiger charge is -2.13. The van der Waals surface area contributed by atoms with E-state index < -0.39 is 34.4 Å². The number of carbonyl (C=O) groups excluding carboxylic acids is 2. The van der Waals surface area contributed by atoms with E-state index in [0.29, 0.717) is 0 Å². The SMILES string of the molecule is C[C@H](OC(=O)c1cnc(Cl)c(Cl)c1)C(=O)Nc1ccc(F)c([N+](=O)[O-])c1. The van der Waals surface area contributed by atoms with Gasteiger partial charge in [-0.2, -0.15) is 4.39 Å². The van der Waals surface area contributed by atoms with Crippen molar-refractivity contribution in [1.29, 1.82) is 0 Å². The molecule has 0 saturated carbocycles. The molecule has 0 radical (unpaired) electrons. The van der Waals surface area contributed by atoms with Crippen molar-refractivity contribution in [3.8, 4) is 0 Å². The molecule has 0 aliphatic heterocycles. The van der Waals surface area contributed by atoms with Crippen LogP contribution < -0.4 is 5.32 Å². The van der Waals surface area contributed by atoms with Crippen LogP contribution in [0.15, 0.2) is 30.5 Å². The number of nitro benzene ring substituents is 1. The number of aromatic nitrogens is 1. The van der Waals surface area contributed by atoms with Gasteiger partial charge in [-0.1, -0.05) is 23.2 Å². The third kappa shape index (κ3) is 4.64. The van der Waals surface area contributed by atoms with Crippen molar-refractivity contribution < 1.29 is 23.6 Å². The molecule has 0 spiro atoms. The summed E-state index contributed by atoms with van der Waals surface area (Å²) in [5, 5.41) is 13.0. The number of nitrogens with one attached hydrogen (secondary N) is 1. The number of anilines is 1. The van der Waals surface area contributed by atoms with Gasteiger partial charge in [0.05, 0.1) is 15.5 Å². The predicted octanol–water partition coefficient (Wildman–Crippen LogP) is 3.62. The minimum Gasteiger partial charge on any atom is -0.449 e. The molecule has 1 heterocycles. The molecule has 0 aliphatic rings. The van der Waals surface area contributed by atoms with Crippen LogP contribution in [0, 0.1) is 15.9 Å². The predicted molar refractivity (Wildman–Crippen MR) is 90.8 cm³/mol. The van der Waals surface area contributed by atoms with E-state index in [4.69, 9.17) is 27.9 Å². The molecule has 1 aromatic carbocycles. The van der Waals surface area contributed by atoms with Crippen LogP contribution in [0.2, 0.25) is 10.2 Å². The number of carbonyl (C=O) groups is 2. The first-order chi connectivity index (χ1) is 12.2. The van der Waals surface area contributed by atoms with Gasteiger partial charge < -0.3 is 10.1 Å². The third-order valence-electron chi connectivity index (χ3n) is 3.10. The van der Waals surface area contributed by atoms with Gasteiger partial charge in [0.1, 0.15) is 5.15 Å². The lowest BCUT2D eigenvalue weighted by Crippen LogP contribution is -2.30. The fraction of sp³-hybridized carbons (Fsp3) is 0.133. The smallest absolute Gasteiger partial charge is 0.340 e. The Morgan fingerprint density at radius 2 is 2.04 bits per heavy atom. The number of benzene rings is 1. The Morgan fingerprint density at radius 3 is 2.65 bits per heavy atom. The summed E-state index contributed by atoms with van der Waals surface area (Å²) < 4.78 is 18.3. The Balaban J connectivity index is 2.05. The Kier molecular flexibility index (Phi) is 6.06. The third-order valence-corrected chi connectivity index (χ3v) is 3.78. The highest BCUT2D eigenvalue weighted by molar-refractivity contribution is 6.41. The first-order valence-electron chi connectivity index (χ1n) is 6.96. The van der Waals surface area contributed by atoms with E-state index in [-0.39, 0.29) is 21.4 Å². The maximum Gasteiger partial charge on any atom is 0.340 e. The Hall–Kier alpha value is -2.78. The molecule has 2 aromatic rings. The quantitative estimate of drug-likeness (QED) is 0.354. The van der Waals surface area contributed by atoms with Crippen LogP contribution in [-0.2, 0) is 9.53 Å². The molecule has 1 aromatic heterocycles. The molecule has 1 atom stereocenters. The normalized spacial score (nSPS) is 11.5. The van der Waals surface area contributed by atoms with Gasteiger partial charge in [0.2, 0.25) is 5.82 Å². The topological polar surface area (TPSA) is 111 Å². The Bertz CT molecular complexity index is 894. The van der Waals surface area contributed by atoms with Crippen molar-refractivity contribution in [3.63, 3.8) is 0 Å². The van der Waals surface area contributed by atoms with Gasteiger partial charge in [-0.3, -0.25) is 14.9 Å². The summed E-state index contributed by atoms with van der Waals surface area (Å²) in [6.45, 7) is 1.29. The van der Waals surface area contributed by atoms with Gasteiger partial charge in [0.15, 0.2) is 6.10 Å². The zero-order valence-corrected chi connectivity index (χ0v) is 14.5. The molecule has 11 heteroatoms. The number of pyridine rings is 1. The number of hydrogen-bond donors (Lipinski definition) is 1. The van der Waals surface area contributed by atoms with Crippen LogP contribution in [-0.4, -0.2) is 27.9 Å². The second-order valence-corrected chi connectivity index (χ2v) is 5.72. The van der Waals surface area contributed by atoms with Crippen molar-refractivity contribution in [2.75, 3.05) is 5.32 Å². The summed E-state index contributed by atoms with van der Waals surface area (Å²) >= 11 is 11.4. The second-order valence-electron chi connectivity index (χ2n) is 4.96. The van der Waals surface area contributed by atoms with E-state index in [9.17, 15) is 24.1 Å². The number of hydrogen-bond acceptors (Lipinski definition) is 6. The molecule has 0 aliphatic carbocycles. The van der Waals surface area contributed by atoms with E-state index in [1.54, 1.807) is 0 Å². The monoisotopic (exact) mass is 401 g/mol. The van der Waals surface area contributed by atoms with Gasteiger partial charge in [0.25, 0.3) is 5.91 Å². The van der Waals surface area contributed by atoms with Crippen molar-refractivity contribution in [2.45, 2.75) is 13.0 Å². The standard InChI is InChI=1S/C15H10Cl2FN3O5/c1-7(26-15(23)8-4-10(16)13(17)19-6-8)14(22)20-9-2-3-11(18)12(5-9)21(24)25/h2-7H,1H3,(H,20,22)/t7-/m0/s1. The number of esters is 1. The fourth-order valence-corrected chi connectivity index (χ4v) is 2.06. The average Bonchev–Trinajstić information content (AvgIpc) is 2.58. The first kappa shape index (κ1) is 19.5. The maximum absolute atomic E-state index is 13.3. The number of halogens is 3. The molecular formula is C15H10Cl2FN3O5. The van der Waals surface area contributed by atoms with Crippen LogP contribution in [0.1, 0.15) is 17.3 Å². The summed E-state index contributed by atoms with van der Waals surface area (Å²) in [5.74, 6) is -2.68. The van der Waals surface area contributed by atoms with Crippen LogP contribution in [0.5, 0.6) is 0 Å². The second kappa shape index (κ2) is 8.07. The Labute approximate surface area is 156 Å². The summed E-state index contributed by atoms with van der Waals surface area (Å²) in [5.41, 5.74) is -0.840. The summed E-state index contributed by atoms with van der Waals surface area (Å²) in [6.07, 6.45) is -0.120. The lowest BCUT2D eigenvalue weighted by atomic mass is 10.2. The Morgan fingerprint density at radius 1 is 1.35 bits per heavy atom. The lowest BCUT2D eigenvalue weighted by molar-refractivity contribution is -0.387. The van der Waals surface area contributed by atoms with Gasteiger partial charge >= 0.3 is 11.7 Å². The van der Waals surface area contributed by atoms with Gasteiger partial charge in [0, 0.05) is 18.0 Å². The highest BCUT2D eigenvalue weighted by Crippen LogP contribution is 2.22. The molecular weight excluding hydrogens is 392 g/mol. The van der Waals surface area contributed by atoms with Crippen LogP contribution >= 0.6 is 23.2 Å². The number of amides is 1. The van der Waals surface area contributed by atoms with Crippen LogP contribution in [0.3, 0.4) is 0 Å². The van der Waals surface area contributed by atoms with Gasteiger partial charge in [-0.25, -0.2) is 9.78 Å². The van der Waals surface area contributed by atoms with Crippen LogP contribution in [0.4, 0.5) is 15.8 Å². The largest absolute Gasteiger partial charge is 0.449 e. The van der Waals surface area contributed by atoms with Crippen molar-refractivity contribution in [3.05, 3.63) is 62.1 Å². The van der Waals surface area contributed by atoms with Crippen molar-refractivity contribution in [1.82, 2.24) is 4.98 Å². The van der Waals surface area contributed by atoms with Crippen molar-refractivity contribution >= 4 is 46.5 Å². The molecule has 1 amide bonds. The number of nitrogens with zero attached hydrogens (tertiary/aromatic N) is 2. The summed E-state index contributed by atoms with van der Waals surface area (Å²) in [4.78, 5) is 37.5. The average molecular weight is 402 g/mol. The molecule has 2 rings (SSSR count). The zero-order chi connectivity index (χ0) is 19.4. The molecule has 0 saturated heterocycles. The highest BCUT2D eigenvalue weighted by Gasteiger charge is 2.21. The van der Waals surface area contributed by atoms with Gasteiger partial charge in [-0.05, 0) is 25.1 Å². The van der Waals surface area contributed by atoms with E-state index in [0.717, 1.165) is 24.4 Å². The number of ether oxygens (including phenoxy) is 1. The highest BCUT2D eigenvalue weighted by atomic mass is 35.5.